The van der Waals surface area contributed by atoms with Crippen molar-refractivity contribution >= 4 is 23.0 Å². The van der Waals surface area contributed by atoms with Crippen LogP contribution < -0.4 is 15.1 Å². The highest BCUT2D eigenvalue weighted by Crippen LogP contribution is 2.38. The van der Waals surface area contributed by atoms with Gasteiger partial charge >= 0.3 is 6.08 Å². The Morgan fingerprint density at radius 3 is 2.56 bits per heavy atom. The molecular weight excluding hydrogens is 407 g/mol. The second-order valence-electron chi connectivity index (χ2n) is 10.1. The molecule has 1 amide bonds. The zero-order valence-electron chi connectivity index (χ0n) is 19.4. The summed E-state index contributed by atoms with van der Waals surface area (Å²) >= 11 is 0. The van der Waals surface area contributed by atoms with Crippen molar-refractivity contribution in [3.05, 3.63) is 42.2 Å². The van der Waals surface area contributed by atoms with Gasteiger partial charge in [-0.05, 0) is 56.6 Å². The van der Waals surface area contributed by atoms with Crippen LogP contribution in [-0.2, 0) is 0 Å². The van der Waals surface area contributed by atoms with Crippen LogP contribution in [0.3, 0.4) is 0 Å². The van der Waals surface area contributed by atoms with E-state index < -0.39 is 12.0 Å². The van der Waals surface area contributed by atoms with E-state index in [9.17, 15) is 9.18 Å². The first kappa shape index (κ1) is 22.5. The first-order chi connectivity index (χ1) is 15.2. The van der Waals surface area contributed by atoms with Crippen LogP contribution in [0.5, 0.6) is 0 Å². The van der Waals surface area contributed by atoms with Gasteiger partial charge in [0.15, 0.2) is 0 Å². The molecule has 2 aromatic rings. The number of carbonyl (C=O) groups excluding carboxylic acids is 1. The topological polar surface area (TPSA) is 64.6 Å². The van der Waals surface area contributed by atoms with Crippen LogP contribution in [0.1, 0.15) is 37.2 Å². The monoisotopic (exact) mass is 440 g/mol. The highest BCUT2D eigenvalue weighted by atomic mass is 19.1. The summed E-state index contributed by atoms with van der Waals surface area (Å²) in [6, 6.07) is 7.61. The number of piperidine rings is 1. The van der Waals surface area contributed by atoms with Gasteiger partial charge in [-0.25, -0.2) is 4.98 Å². The van der Waals surface area contributed by atoms with Crippen molar-refractivity contribution < 1.29 is 9.18 Å². The van der Waals surface area contributed by atoms with Gasteiger partial charge in [-0.15, -0.1) is 0 Å². The lowest BCUT2D eigenvalue weighted by molar-refractivity contribution is 0.102. The Kier molecular flexibility index (Phi) is 6.33. The zero-order chi connectivity index (χ0) is 22.9. The number of hydrogen-bond acceptors (Lipinski definition) is 6. The van der Waals surface area contributed by atoms with Crippen molar-refractivity contribution in [2.45, 2.75) is 26.7 Å². The highest BCUT2D eigenvalue weighted by molar-refractivity contribution is 6.04. The molecule has 4 rings (SSSR count). The maximum Gasteiger partial charge on any atom is 0.309 e. The van der Waals surface area contributed by atoms with Gasteiger partial charge in [0, 0.05) is 50.5 Å². The smallest absolute Gasteiger partial charge is 0.309 e. The summed E-state index contributed by atoms with van der Waals surface area (Å²) < 4.78 is 13.4. The second-order valence-corrected chi connectivity index (χ2v) is 10.1. The Bertz CT molecular complexity index is 963. The third kappa shape index (κ3) is 5.18. The fourth-order valence-corrected chi connectivity index (χ4v) is 4.50. The SMILES string of the molecule is CN(C)CC1CN(c2ccc(NC(=O)c3ccnc(F)n3)c(N3CCC(C)(C)CC3)c2)C1. The van der Waals surface area contributed by atoms with E-state index in [2.05, 4.69) is 70.1 Å². The Balaban J connectivity index is 1.56. The van der Waals surface area contributed by atoms with Crippen LogP contribution in [0.4, 0.5) is 21.5 Å². The first-order valence-corrected chi connectivity index (χ1v) is 11.3. The minimum absolute atomic E-state index is 0.0153. The summed E-state index contributed by atoms with van der Waals surface area (Å²) in [5.41, 5.74) is 3.25. The molecule has 1 aromatic carbocycles. The van der Waals surface area contributed by atoms with Crippen molar-refractivity contribution in [2.24, 2.45) is 11.3 Å². The average molecular weight is 441 g/mol. The fourth-order valence-electron chi connectivity index (χ4n) is 4.50. The van der Waals surface area contributed by atoms with Crippen LogP contribution in [0.15, 0.2) is 30.5 Å². The van der Waals surface area contributed by atoms with Gasteiger partial charge in [0.1, 0.15) is 5.69 Å². The number of nitrogens with zero attached hydrogens (tertiary/aromatic N) is 5. The van der Waals surface area contributed by atoms with Gasteiger partial charge in [-0.1, -0.05) is 13.8 Å². The first-order valence-electron chi connectivity index (χ1n) is 11.3. The largest absolute Gasteiger partial charge is 0.371 e. The number of amides is 1. The molecule has 1 N–H and O–H groups in total. The minimum Gasteiger partial charge on any atom is -0.371 e. The van der Waals surface area contributed by atoms with E-state index >= 15 is 0 Å². The number of hydrogen-bond donors (Lipinski definition) is 1. The highest BCUT2D eigenvalue weighted by Gasteiger charge is 2.30. The van der Waals surface area contributed by atoms with Gasteiger partial charge in [0.05, 0.1) is 11.4 Å². The summed E-state index contributed by atoms with van der Waals surface area (Å²) in [6.07, 6.45) is 2.53. The van der Waals surface area contributed by atoms with Gasteiger partial charge in [0.2, 0.25) is 0 Å². The summed E-state index contributed by atoms with van der Waals surface area (Å²) in [4.78, 5) is 26.7. The van der Waals surface area contributed by atoms with Crippen LogP contribution in [0, 0.1) is 17.4 Å². The molecule has 172 valence electrons. The Morgan fingerprint density at radius 2 is 1.91 bits per heavy atom. The van der Waals surface area contributed by atoms with E-state index in [4.69, 9.17) is 0 Å². The van der Waals surface area contributed by atoms with E-state index in [0.29, 0.717) is 11.3 Å². The van der Waals surface area contributed by atoms with Gasteiger partial charge in [-0.2, -0.15) is 9.37 Å². The quantitative estimate of drug-likeness (QED) is 0.694. The standard InChI is InChI=1S/C24H33FN6O/c1-24(2)8-11-30(12-9-24)21-13-18(31-15-17(16-31)14-29(3)4)5-6-19(21)27-22(32)20-7-10-26-23(25)28-20/h5-7,10,13,17H,8-9,11-12,14-16H2,1-4H3,(H,27,32). The summed E-state index contributed by atoms with van der Waals surface area (Å²) in [7, 11) is 4.22. The lowest BCUT2D eigenvalue weighted by atomic mass is 9.82. The van der Waals surface area contributed by atoms with E-state index in [1.165, 1.54) is 18.0 Å². The predicted molar refractivity (Wildman–Crippen MR) is 126 cm³/mol. The number of benzene rings is 1. The molecule has 8 heteroatoms. The number of nitrogens with one attached hydrogen (secondary N) is 1. The minimum atomic E-state index is -0.906. The molecule has 0 atom stereocenters. The number of anilines is 3. The van der Waals surface area contributed by atoms with Crippen molar-refractivity contribution in [2.75, 3.05) is 61.9 Å². The molecule has 0 aliphatic carbocycles. The molecule has 2 saturated heterocycles. The maximum atomic E-state index is 13.4. The number of halogens is 1. The summed E-state index contributed by atoms with van der Waals surface area (Å²) in [5.74, 6) is 0.240. The number of rotatable bonds is 6. The van der Waals surface area contributed by atoms with Crippen molar-refractivity contribution in [1.29, 1.82) is 0 Å². The molecule has 32 heavy (non-hydrogen) atoms. The van der Waals surface area contributed by atoms with Crippen LogP contribution in [0.25, 0.3) is 0 Å². The molecule has 0 bridgehead atoms. The second kappa shape index (κ2) is 9.02. The van der Waals surface area contributed by atoms with Crippen molar-refractivity contribution in [3.8, 4) is 0 Å². The number of carbonyl (C=O) groups is 1. The Labute approximate surface area is 189 Å². The van der Waals surface area contributed by atoms with E-state index in [1.807, 2.05) is 6.07 Å². The molecule has 0 radical (unpaired) electrons. The molecule has 0 saturated carbocycles. The molecule has 2 fully saturated rings. The molecule has 1 aromatic heterocycles. The summed E-state index contributed by atoms with van der Waals surface area (Å²) in [5, 5.41) is 2.95. The summed E-state index contributed by atoms with van der Waals surface area (Å²) in [6.45, 7) is 9.65. The maximum absolute atomic E-state index is 13.4. The number of aromatic nitrogens is 2. The lowest BCUT2D eigenvalue weighted by Gasteiger charge is -2.43. The third-order valence-corrected chi connectivity index (χ3v) is 6.49. The van der Waals surface area contributed by atoms with Gasteiger partial charge in [-0.3, -0.25) is 4.79 Å². The Hall–Kier alpha value is -2.74. The normalized spacial score (nSPS) is 18.6. The molecule has 0 spiro atoms. The molecule has 0 unspecified atom stereocenters. The van der Waals surface area contributed by atoms with Crippen molar-refractivity contribution in [3.63, 3.8) is 0 Å². The van der Waals surface area contributed by atoms with Gasteiger partial charge < -0.3 is 20.0 Å². The van der Waals surface area contributed by atoms with Crippen LogP contribution in [0.2, 0.25) is 0 Å². The molecule has 7 nitrogen and oxygen atoms in total. The van der Waals surface area contributed by atoms with E-state index in [-0.39, 0.29) is 5.69 Å². The molecule has 2 aliphatic heterocycles. The molecule has 2 aliphatic rings. The van der Waals surface area contributed by atoms with E-state index in [1.54, 1.807) is 0 Å². The van der Waals surface area contributed by atoms with Crippen LogP contribution in [-0.4, -0.2) is 67.6 Å². The van der Waals surface area contributed by atoms with Gasteiger partial charge in [0.25, 0.3) is 5.91 Å². The van der Waals surface area contributed by atoms with Crippen LogP contribution >= 0.6 is 0 Å². The zero-order valence-corrected chi connectivity index (χ0v) is 19.4. The molecule has 3 heterocycles. The molecular formula is C24H33FN6O. The van der Waals surface area contributed by atoms with Crippen molar-refractivity contribution in [1.82, 2.24) is 14.9 Å². The average Bonchev–Trinajstić information content (AvgIpc) is 2.71. The lowest BCUT2D eigenvalue weighted by Crippen LogP contribution is -2.50. The predicted octanol–water partition coefficient (Wildman–Crippen LogP) is 3.49. The van der Waals surface area contributed by atoms with E-state index in [0.717, 1.165) is 56.9 Å². The fraction of sp³-hybridized carbons (Fsp3) is 0.542. The third-order valence-electron chi connectivity index (χ3n) is 6.49. The Morgan fingerprint density at radius 1 is 1.19 bits per heavy atom.